The summed E-state index contributed by atoms with van der Waals surface area (Å²) >= 11 is 5.87. The number of rotatable bonds is 3. The van der Waals surface area contributed by atoms with E-state index in [1.807, 2.05) is 4.90 Å². The second kappa shape index (κ2) is 8.03. The minimum atomic E-state index is -4.66. The summed E-state index contributed by atoms with van der Waals surface area (Å²) in [7, 11) is 0. The molecule has 1 fully saturated rings. The minimum Gasteiger partial charge on any atom is -0.422 e. The highest BCUT2D eigenvalue weighted by Crippen LogP contribution is 2.37. The maximum Gasteiger partial charge on any atom is 0.417 e. The number of oxazole rings is 1. The highest BCUT2D eigenvalue weighted by Gasteiger charge is 2.36. The Hall–Kier alpha value is -3.67. The molecule has 33 heavy (non-hydrogen) atoms. The largest absolute Gasteiger partial charge is 0.422 e. The monoisotopic (exact) mass is 477 g/mol. The van der Waals surface area contributed by atoms with Crippen molar-refractivity contribution in [3.63, 3.8) is 0 Å². The number of hydrogen-bond acceptors (Lipinski definition) is 7. The first-order chi connectivity index (χ1) is 15.8. The van der Waals surface area contributed by atoms with Gasteiger partial charge in [0.15, 0.2) is 5.58 Å². The standard InChI is InChI=1S/C20H15ClF3N7O2/c21-16-4-3-15-17(26-16)27-19(33-15)31-7-5-30(6-8-31)18(32)11-1-2-12(14-10-25-29-28-14)13(9-11)20(22,23)24/h1-4,9-10H,5-8H2,(H,25,28,29). The van der Waals surface area contributed by atoms with Crippen LogP contribution < -0.4 is 4.90 Å². The van der Waals surface area contributed by atoms with Crippen LogP contribution in [0.4, 0.5) is 19.2 Å². The van der Waals surface area contributed by atoms with Crippen LogP contribution in [0.15, 0.2) is 40.9 Å². The van der Waals surface area contributed by atoms with Gasteiger partial charge in [0, 0.05) is 37.3 Å². The molecule has 4 aromatic rings. The van der Waals surface area contributed by atoms with Crippen molar-refractivity contribution in [1.82, 2.24) is 30.3 Å². The van der Waals surface area contributed by atoms with Crippen molar-refractivity contribution >= 4 is 34.8 Å². The minimum absolute atomic E-state index is 0.0454. The number of aromatic amines is 1. The predicted molar refractivity (Wildman–Crippen MR) is 112 cm³/mol. The smallest absolute Gasteiger partial charge is 0.417 e. The molecule has 5 rings (SSSR count). The third kappa shape index (κ3) is 4.09. The van der Waals surface area contributed by atoms with Gasteiger partial charge in [-0.05, 0) is 24.3 Å². The number of benzene rings is 1. The summed E-state index contributed by atoms with van der Waals surface area (Å²) in [5, 5.41) is 9.80. The van der Waals surface area contributed by atoms with Gasteiger partial charge in [-0.1, -0.05) is 22.9 Å². The lowest BCUT2D eigenvalue weighted by atomic mass is 10.0. The Morgan fingerprint density at radius 2 is 1.88 bits per heavy atom. The number of nitrogens with one attached hydrogen (secondary N) is 1. The van der Waals surface area contributed by atoms with E-state index in [4.69, 9.17) is 16.0 Å². The predicted octanol–water partition coefficient (Wildman–Crippen LogP) is 3.64. The van der Waals surface area contributed by atoms with Gasteiger partial charge in [0.25, 0.3) is 11.9 Å². The average Bonchev–Trinajstić information content (AvgIpc) is 3.47. The molecule has 0 radical (unpaired) electrons. The summed E-state index contributed by atoms with van der Waals surface area (Å²) in [5.41, 5.74) is -0.240. The molecule has 13 heteroatoms. The van der Waals surface area contributed by atoms with Crippen LogP contribution in [0.3, 0.4) is 0 Å². The summed E-state index contributed by atoms with van der Waals surface area (Å²) in [6.07, 6.45) is -3.39. The number of amides is 1. The number of carbonyl (C=O) groups is 1. The average molecular weight is 478 g/mol. The van der Waals surface area contributed by atoms with Crippen LogP contribution in [0.1, 0.15) is 15.9 Å². The fourth-order valence-corrected chi connectivity index (χ4v) is 3.81. The second-order valence-corrected chi connectivity index (χ2v) is 7.74. The summed E-state index contributed by atoms with van der Waals surface area (Å²) in [5.74, 6) is -0.488. The van der Waals surface area contributed by atoms with E-state index >= 15 is 0 Å². The molecule has 0 unspecified atom stereocenters. The number of H-pyrrole nitrogens is 1. The summed E-state index contributed by atoms with van der Waals surface area (Å²) < 4.78 is 46.7. The summed E-state index contributed by atoms with van der Waals surface area (Å²) in [4.78, 5) is 24.7. The lowest BCUT2D eigenvalue weighted by molar-refractivity contribution is -0.137. The van der Waals surface area contributed by atoms with E-state index in [-0.39, 0.29) is 29.9 Å². The van der Waals surface area contributed by atoms with Gasteiger partial charge in [0.1, 0.15) is 10.8 Å². The Labute approximate surface area is 189 Å². The first kappa shape index (κ1) is 21.2. The summed E-state index contributed by atoms with van der Waals surface area (Å²) in [6.45, 7) is 1.38. The second-order valence-electron chi connectivity index (χ2n) is 7.35. The van der Waals surface area contributed by atoms with E-state index in [9.17, 15) is 18.0 Å². The van der Waals surface area contributed by atoms with Crippen LogP contribution in [0.25, 0.3) is 22.5 Å². The third-order valence-corrected chi connectivity index (χ3v) is 5.52. The maximum absolute atomic E-state index is 13.7. The van der Waals surface area contributed by atoms with Gasteiger partial charge in [0.2, 0.25) is 5.65 Å². The highest BCUT2D eigenvalue weighted by atomic mass is 35.5. The summed E-state index contributed by atoms with van der Waals surface area (Å²) in [6, 6.07) is 7.07. The molecule has 0 aliphatic carbocycles. The molecule has 1 N–H and O–H groups in total. The van der Waals surface area contributed by atoms with Gasteiger partial charge in [-0.3, -0.25) is 9.89 Å². The topological polar surface area (TPSA) is 104 Å². The van der Waals surface area contributed by atoms with Crippen LogP contribution in [0.2, 0.25) is 5.15 Å². The third-order valence-electron chi connectivity index (χ3n) is 5.31. The van der Waals surface area contributed by atoms with Crippen LogP contribution in [-0.4, -0.2) is 62.4 Å². The molecule has 0 bridgehead atoms. The molecule has 4 heterocycles. The van der Waals surface area contributed by atoms with E-state index in [1.54, 1.807) is 12.1 Å². The number of carbonyl (C=O) groups excluding carboxylic acids is 1. The molecule has 0 saturated carbocycles. The van der Waals surface area contributed by atoms with Crippen molar-refractivity contribution in [2.24, 2.45) is 0 Å². The molecule has 0 spiro atoms. The van der Waals surface area contributed by atoms with Crippen LogP contribution >= 0.6 is 11.6 Å². The number of nitrogens with zero attached hydrogens (tertiary/aromatic N) is 6. The molecule has 3 aromatic heterocycles. The number of alkyl halides is 3. The van der Waals surface area contributed by atoms with Crippen LogP contribution in [0.5, 0.6) is 0 Å². The number of halogens is 4. The van der Waals surface area contributed by atoms with Crippen molar-refractivity contribution in [3.05, 3.63) is 52.8 Å². The van der Waals surface area contributed by atoms with Crippen LogP contribution in [-0.2, 0) is 6.18 Å². The molecular weight excluding hydrogens is 463 g/mol. The molecule has 1 aliphatic rings. The molecular formula is C20H15ClF3N7O2. The lowest BCUT2D eigenvalue weighted by Crippen LogP contribution is -2.49. The van der Waals surface area contributed by atoms with E-state index < -0.39 is 17.6 Å². The Bertz CT molecular complexity index is 1320. The van der Waals surface area contributed by atoms with Gasteiger partial charge in [-0.25, -0.2) is 4.98 Å². The van der Waals surface area contributed by atoms with Gasteiger partial charge in [0.05, 0.1) is 11.8 Å². The Morgan fingerprint density at radius 3 is 2.58 bits per heavy atom. The van der Waals surface area contributed by atoms with E-state index in [0.29, 0.717) is 35.5 Å². The van der Waals surface area contributed by atoms with E-state index in [0.717, 1.165) is 6.07 Å². The van der Waals surface area contributed by atoms with Crippen molar-refractivity contribution in [1.29, 1.82) is 0 Å². The highest BCUT2D eigenvalue weighted by molar-refractivity contribution is 6.29. The molecule has 1 aliphatic heterocycles. The molecule has 0 atom stereocenters. The van der Waals surface area contributed by atoms with Gasteiger partial charge >= 0.3 is 6.18 Å². The first-order valence-corrected chi connectivity index (χ1v) is 10.2. The Kier molecular flexibility index (Phi) is 5.16. The molecule has 1 saturated heterocycles. The Morgan fingerprint density at radius 1 is 1.09 bits per heavy atom. The Balaban J connectivity index is 1.33. The van der Waals surface area contributed by atoms with Crippen molar-refractivity contribution in [2.45, 2.75) is 6.18 Å². The van der Waals surface area contributed by atoms with Crippen molar-refractivity contribution in [2.75, 3.05) is 31.1 Å². The fraction of sp³-hybridized carbons (Fsp3) is 0.250. The van der Waals surface area contributed by atoms with E-state index in [2.05, 4.69) is 25.4 Å². The molecule has 170 valence electrons. The lowest BCUT2D eigenvalue weighted by Gasteiger charge is -2.34. The molecule has 1 amide bonds. The molecule has 9 nitrogen and oxygen atoms in total. The number of aromatic nitrogens is 5. The quantitative estimate of drug-likeness (QED) is 0.449. The number of piperazine rings is 1. The maximum atomic E-state index is 13.7. The van der Waals surface area contributed by atoms with Crippen LogP contribution in [0, 0.1) is 0 Å². The fourth-order valence-electron chi connectivity index (χ4n) is 3.67. The zero-order valence-electron chi connectivity index (χ0n) is 16.8. The zero-order chi connectivity index (χ0) is 23.2. The number of hydrogen-bond donors (Lipinski definition) is 1. The molecule has 1 aromatic carbocycles. The zero-order valence-corrected chi connectivity index (χ0v) is 17.6. The first-order valence-electron chi connectivity index (χ1n) is 9.85. The number of pyridine rings is 1. The van der Waals surface area contributed by atoms with Crippen molar-refractivity contribution in [3.8, 4) is 11.3 Å². The SMILES string of the molecule is O=C(c1ccc(-c2c[nH]nn2)c(C(F)(F)F)c1)N1CCN(c2nc3nc(Cl)ccc3o2)CC1. The van der Waals surface area contributed by atoms with Gasteiger partial charge in [-0.15, -0.1) is 5.10 Å². The number of anilines is 1. The van der Waals surface area contributed by atoms with Gasteiger partial charge < -0.3 is 14.2 Å². The van der Waals surface area contributed by atoms with Crippen molar-refractivity contribution < 1.29 is 22.4 Å². The van der Waals surface area contributed by atoms with Gasteiger partial charge in [-0.2, -0.15) is 18.2 Å². The number of fused-ring (bicyclic) bond motifs is 1. The normalized spacial score (nSPS) is 14.8. The van der Waals surface area contributed by atoms with E-state index in [1.165, 1.54) is 23.2 Å².